The Balaban J connectivity index is 0.00000144. The number of fused-ring (bicyclic) bond motifs is 1. The van der Waals surface area contributed by atoms with Crippen molar-refractivity contribution in [3.05, 3.63) is 29.3 Å². The van der Waals surface area contributed by atoms with Gasteiger partial charge in [-0.3, -0.25) is 4.48 Å². The Bertz CT molecular complexity index is 433. The summed E-state index contributed by atoms with van der Waals surface area (Å²) < 4.78 is 0.825. The molecule has 0 saturated heterocycles. The molecule has 0 aromatic heterocycles. The number of hydrazone groups is 1. The highest BCUT2D eigenvalue weighted by molar-refractivity contribution is 6.03. The molecular formula is C13H20IN3. The summed E-state index contributed by atoms with van der Waals surface area (Å²) in [5, 5.41) is 3.92. The number of nitrogens with two attached hydrogens (primary N) is 1. The van der Waals surface area contributed by atoms with E-state index in [1.165, 1.54) is 16.8 Å². The minimum absolute atomic E-state index is 0. The average Bonchev–Trinajstić information content (AvgIpc) is 2.26. The second-order valence-corrected chi connectivity index (χ2v) is 5.28. The predicted molar refractivity (Wildman–Crippen MR) is 69.7 cm³/mol. The van der Waals surface area contributed by atoms with Gasteiger partial charge in [0, 0.05) is 11.6 Å². The van der Waals surface area contributed by atoms with Crippen LogP contribution in [-0.2, 0) is 6.42 Å². The Labute approximate surface area is 120 Å². The maximum atomic E-state index is 5.46. The van der Waals surface area contributed by atoms with Crippen LogP contribution in [0.4, 0.5) is 5.69 Å². The van der Waals surface area contributed by atoms with Crippen molar-refractivity contribution in [3.8, 4) is 0 Å². The maximum Gasteiger partial charge on any atom is 0.132 e. The van der Waals surface area contributed by atoms with Crippen LogP contribution in [0.1, 0.15) is 24.0 Å². The van der Waals surface area contributed by atoms with Gasteiger partial charge < -0.3 is 29.8 Å². The van der Waals surface area contributed by atoms with E-state index in [2.05, 4.69) is 44.4 Å². The quantitative estimate of drug-likeness (QED) is 0.298. The third kappa shape index (κ3) is 2.98. The van der Waals surface area contributed by atoms with Crippen LogP contribution in [0.5, 0.6) is 0 Å². The van der Waals surface area contributed by atoms with Crippen LogP contribution in [0.15, 0.2) is 23.3 Å². The van der Waals surface area contributed by atoms with Crippen LogP contribution in [0.2, 0.25) is 0 Å². The lowest BCUT2D eigenvalue weighted by atomic mass is 9.89. The Morgan fingerprint density at radius 3 is 2.47 bits per heavy atom. The number of hydrogen-bond donors (Lipinski definition) is 1. The van der Waals surface area contributed by atoms with Crippen molar-refractivity contribution in [3.63, 3.8) is 0 Å². The fourth-order valence-corrected chi connectivity index (χ4v) is 2.18. The van der Waals surface area contributed by atoms with Crippen molar-refractivity contribution in [1.82, 2.24) is 4.48 Å². The fraction of sp³-hybridized carbons (Fsp3) is 0.462. The molecule has 1 aliphatic rings. The molecule has 2 N–H and O–H groups in total. The number of rotatable bonds is 1. The predicted octanol–water partition coefficient (Wildman–Crippen LogP) is -1.11. The number of hydrogen-bond acceptors (Lipinski definition) is 2. The lowest BCUT2D eigenvalue weighted by Gasteiger charge is -2.26. The highest BCUT2D eigenvalue weighted by Crippen LogP contribution is 2.27. The van der Waals surface area contributed by atoms with E-state index in [-0.39, 0.29) is 24.0 Å². The smallest absolute Gasteiger partial charge is 0.132 e. The van der Waals surface area contributed by atoms with E-state index in [0.29, 0.717) is 0 Å². The van der Waals surface area contributed by atoms with Crippen molar-refractivity contribution in [2.75, 3.05) is 21.1 Å². The Morgan fingerprint density at radius 2 is 1.88 bits per heavy atom. The SMILES string of the molecule is C[N+](C)(C)c1ccc2c(c1)/C(=N/N)CCC2.[I-]. The summed E-state index contributed by atoms with van der Waals surface area (Å²) in [5.74, 6) is 5.46. The van der Waals surface area contributed by atoms with Gasteiger partial charge in [-0.05, 0) is 30.9 Å². The molecule has 0 spiro atoms. The molecule has 0 heterocycles. The monoisotopic (exact) mass is 345 g/mol. The van der Waals surface area contributed by atoms with Crippen molar-refractivity contribution >= 4 is 11.4 Å². The molecule has 0 bridgehead atoms. The van der Waals surface area contributed by atoms with Crippen LogP contribution in [0.25, 0.3) is 0 Å². The molecule has 0 radical (unpaired) electrons. The zero-order valence-electron chi connectivity index (χ0n) is 10.7. The average molecular weight is 345 g/mol. The van der Waals surface area contributed by atoms with Crippen LogP contribution >= 0.6 is 0 Å². The van der Waals surface area contributed by atoms with E-state index >= 15 is 0 Å². The topological polar surface area (TPSA) is 38.4 Å². The van der Waals surface area contributed by atoms with E-state index in [4.69, 9.17) is 5.84 Å². The van der Waals surface area contributed by atoms with Gasteiger partial charge in [-0.1, -0.05) is 6.07 Å². The molecule has 1 aromatic rings. The molecule has 3 nitrogen and oxygen atoms in total. The highest BCUT2D eigenvalue weighted by atomic mass is 127. The normalized spacial score (nSPS) is 17.5. The van der Waals surface area contributed by atoms with Gasteiger partial charge in [0.1, 0.15) is 5.69 Å². The summed E-state index contributed by atoms with van der Waals surface area (Å²) in [6.45, 7) is 0. The summed E-state index contributed by atoms with van der Waals surface area (Å²) in [6.07, 6.45) is 3.31. The van der Waals surface area contributed by atoms with Gasteiger partial charge in [0.25, 0.3) is 0 Å². The van der Waals surface area contributed by atoms with E-state index in [9.17, 15) is 0 Å². The van der Waals surface area contributed by atoms with Gasteiger partial charge in [-0.15, -0.1) is 0 Å². The van der Waals surface area contributed by atoms with Gasteiger partial charge in [-0.2, -0.15) is 5.10 Å². The summed E-state index contributed by atoms with van der Waals surface area (Å²) in [6, 6.07) is 6.66. The van der Waals surface area contributed by atoms with Crippen molar-refractivity contribution < 1.29 is 24.0 Å². The van der Waals surface area contributed by atoms with Crippen LogP contribution in [0, 0.1) is 0 Å². The zero-order chi connectivity index (χ0) is 11.8. The second-order valence-electron chi connectivity index (χ2n) is 5.28. The largest absolute Gasteiger partial charge is 1.00 e. The number of benzene rings is 1. The van der Waals surface area contributed by atoms with Crippen molar-refractivity contribution in [1.29, 1.82) is 0 Å². The molecule has 0 saturated carbocycles. The summed E-state index contributed by atoms with van der Waals surface area (Å²) in [5.41, 5.74) is 4.98. The number of nitrogens with zero attached hydrogens (tertiary/aromatic N) is 2. The Kier molecular flexibility index (Phi) is 4.55. The van der Waals surface area contributed by atoms with Crippen LogP contribution in [-0.4, -0.2) is 26.9 Å². The first-order chi connectivity index (χ1) is 7.52. The van der Waals surface area contributed by atoms with Crippen LogP contribution < -0.4 is 34.3 Å². The lowest BCUT2D eigenvalue weighted by Crippen LogP contribution is -3.00. The number of halogens is 1. The Morgan fingerprint density at radius 1 is 1.18 bits per heavy atom. The van der Waals surface area contributed by atoms with Gasteiger partial charge in [0.15, 0.2) is 0 Å². The molecule has 1 aromatic carbocycles. The molecule has 0 aliphatic heterocycles. The van der Waals surface area contributed by atoms with Crippen molar-refractivity contribution in [2.24, 2.45) is 10.9 Å². The minimum Gasteiger partial charge on any atom is -1.00 e. The second kappa shape index (κ2) is 5.35. The number of quaternary nitrogens is 1. The van der Waals surface area contributed by atoms with Gasteiger partial charge in [0.2, 0.25) is 0 Å². The molecular weight excluding hydrogens is 325 g/mol. The molecule has 0 fully saturated rings. The standard InChI is InChI=1S/C13H20N3.HI/c1-16(2,3)11-8-7-10-5-4-6-13(15-14)12(10)9-11;/h7-9H,4-6,14H2,1-3H3;1H/q+1;/p-1/b15-13+;. The van der Waals surface area contributed by atoms with E-state index in [1.807, 2.05) is 0 Å². The molecule has 94 valence electrons. The highest BCUT2D eigenvalue weighted by Gasteiger charge is 2.20. The van der Waals surface area contributed by atoms with Gasteiger partial charge in [0.05, 0.1) is 26.9 Å². The number of aryl methyl sites for hydroxylation is 1. The first kappa shape index (κ1) is 14.4. The lowest BCUT2D eigenvalue weighted by molar-refractivity contribution is -0.00000367. The molecule has 0 unspecified atom stereocenters. The molecule has 4 heteroatoms. The molecule has 1 aliphatic carbocycles. The summed E-state index contributed by atoms with van der Waals surface area (Å²) >= 11 is 0. The van der Waals surface area contributed by atoms with E-state index in [1.54, 1.807) is 0 Å². The first-order valence-corrected chi connectivity index (χ1v) is 5.74. The molecule has 0 atom stereocenters. The third-order valence-corrected chi connectivity index (χ3v) is 3.19. The van der Waals surface area contributed by atoms with Crippen molar-refractivity contribution in [2.45, 2.75) is 19.3 Å². The Hall–Kier alpha value is -0.620. The zero-order valence-corrected chi connectivity index (χ0v) is 12.9. The minimum atomic E-state index is 0. The van der Waals surface area contributed by atoms with Gasteiger partial charge >= 0.3 is 0 Å². The molecule has 0 amide bonds. The fourth-order valence-electron chi connectivity index (χ4n) is 2.18. The molecule has 2 rings (SSSR count). The summed E-state index contributed by atoms with van der Waals surface area (Å²) in [4.78, 5) is 0. The van der Waals surface area contributed by atoms with E-state index in [0.717, 1.165) is 29.5 Å². The maximum absolute atomic E-state index is 5.46. The first-order valence-electron chi connectivity index (χ1n) is 5.74. The van der Waals surface area contributed by atoms with Gasteiger partial charge in [-0.25, -0.2) is 0 Å². The van der Waals surface area contributed by atoms with E-state index < -0.39 is 0 Å². The molecule has 17 heavy (non-hydrogen) atoms. The third-order valence-electron chi connectivity index (χ3n) is 3.19. The summed E-state index contributed by atoms with van der Waals surface area (Å²) in [7, 11) is 6.51. The van der Waals surface area contributed by atoms with Crippen LogP contribution in [0.3, 0.4) is 0 Å².